The predicted octanol–water partition coefficient (Wildman–Crippen LogP) is 2.64. The topological polar surface area (TPSA) is 89.5 Å². The molecular formula is C18H17NO5S. The molecule has 1 heterocycles. The standard InChI is InChI=1S/C18H17NO5S/c1-11-7-8-12(25(2,22)23)9-15(11)19-17(20)10-16-13-5-3-4-6-14(13)18(21)24-16/h3-9,16H,10H2,1-2H3,(H,19,20). The van der Waals surface area contributed by atoms with Gasteiger partial charge >= 0.3 is 5.97 Å². The van der Waals surface area contributed by atoms with Gasteiger partial charge in [-0.05, 0) is 30.7 Å². The summed E-state index contributed by atoms with van der Waals surface area (Å²) >= 11 is 0. The number of benzene rings is 2. The number of hydrogen-bond donors (Lipinski definition) is 1. The molecule has 1 amide bonds. The molecule has 0 aliphatic carbocycles. The van der Waals surface area contributed by atoms with Crippen LogP contribution in [-0.4, -0.2) is 26.6 Å². The monoisotopic (exact) mass is 359 g/mol. The fraction of sp³-hybridized carbons (Fsp3) is 0.222. The Balaban J connectivity index is 1.77. The molecule has 6 nitrogen and oxygen atoms in total. The molecule has 0 aromatic heterocycles. The summed E-state index contributed by atoms with van der Waals surface area (Å²) in [7, 11) is -3.37. The molecule has 130 valence electrons. The number of fused-ring (bicyclic) bond motifs is 1. The second-order valence-corrected chi connectivity index (χ2v) is 8.00. The third-order valence-corrected chi connectivity index (χ3v) is 5.17. The van der Waals surface area contributed by atoms with E-state index in [0.717, 1.165) is 11.8 Å². The number of aryl methyl sites for hydroxylation is 1. The van der Waals surface area contributed by atoms with Crippen LogP contribution in [0.1, 0.15) is 34.0 Å². The highest BCUT2D eigenvalue weighted by molar-refractivity contribution is 7.90. The molecule has 25 heavy (non-hydrogen) atoms. The molecule has 1 atom stereocenters. The Morgan fingerprint density at radius 1 is 1.20 bits per heavy atom. The van der Waals surface area contributed by atoms with Crippen LogP contribution in [0.2, 0.25) is 0 Å². The van der Waals surface area contributed by atoms with E-state index in [9.17, 15) is 18.0 Å². The van der Waals surface area contributed by atoms with Crippen molar-refractivity contribution in [3.8, 4) is 0 Å². The first kappa shape index (κ1) is 17.2. The Bertz CT molecular complexity index is 965. The first-order chi connectivity index (χ1) is 11.8. The number of carbonyl (C=O) groups is 2. The number of nitrogens with one attached hydrogen (secondary N) is 1. The molecule has 7 heteroatoms. The molecule has 3 rings (SSSR count). The van der Waals surface area contributed by atoms with E-state index >= 15 is 0 Å². The molecule has 0 radical (unpaired) electrons. The summed E-state index contributed by atoms with van der Waals surface area (Å²) in [5, 5.41) is 2.70. The van der Waals surface area contributed by atoms with Crippen LogP contribution >= 0.6 is 0 Å². The van der Waals surface area contributed by atoms with Gasteiger partial charge in [0, 0.05) is 17.5 Å². The van der Waals surface area contributed by atoms with Crippen molar-refractivity contribution in [1.82, 2.24) is 0 Å². The van der Waals surface area contributed by atoms with E-state index in [-0.39, 0.29) is 17.2 Å². The highest BCUT2D eigenvalue weighted by Gasteiger charge is 2.32. The van der Waals surface area contributed by atoms with E-state index in [0.29, 0.717) is 16.8 Å². The van der Waals surface area contributed by atoms with Crippen LogP contribution in [-0.2, 0) is 19.4 Å². The zero-order valence-electron chi connectivity index (χ0n) is 13.8. The minimum atomic E-state index is -3.37. The lowest BCUT2D eigenvalue weighted by atomic mass is 10.0. The number of ether oxygens (including phenoxy) is 1. The minimum absolute atomic E-state index is 0.0364. The number of carbonyl (C=O) groups excluding carboxylic acids is 2. The lowest BCUT2D eigenvalue weighted by molar-refractivity contribution is -0.118. The zero-order chi connectivity index (χ0) is 18.2. The van der Waals surface area contributed by atoms with E-state index in [1.165, 1.54) is 12.1 Å². The van der Waals surface area contributed by atoms with Crippen LogP contribution in [0.3, 0.4) is 0 Å². The fourth-order valence-corrected chi connectivity index (χ4v) is 3.35. The van der Waals surface area contributed by atoms with Gasteiger partial charge in [-0.2, -0.15) is 0 Å². The molecule has 1 aliphatic rings. The van der Waals surface area contributed by atoms with Crippen molar-refractivity contribution in [2.75, 3.05) is 11.6 Å². The second kappa shape index (κ2) is 6.33. The van der Waals surface area contributed by atoms with Crippen molar-refractivity contribution in [3.05, 3.63) is 59.2 Å². The van der Waals surface area contributed by atoms with Gasteiger partial charge in [-0.3, -0.25) is 4.79 Å². The molecule has 1 N–H and O–H groups in total. The molecule has 0 spiro atoms. The maximum atomic E-state index is 12.3. The maximum Gasteiger partial charge on any atom is 0.339 e. The quantitative estimate of drug-likeness (QED) is 0.848. The van der Waals surface area contributed by atoms with E-state index in [4.69, 9.17) is 4.74 Å². The van der Waals surface area contributed by atoms with Gasteiger partial charge in [-0.15, -0.1) is 0 Å². The molecule has 0 fully saturated rings. The average Bonchev–Trinajstić information content (AvgIpc) is 2.85. The first-order valence-electron chi connectivity index (χ1n) is 7.66. The fourth-order valence-electron chi connectivity index (χ4n) is 2.71. The van der Waals surface area contributed by atoms with Crippen molar-refractivity contribution in [2.24, 2.45) is 0 Å². The van der Waals surface area contributed by atoms with Gasteiger partial charge in [-0.1, -0.05) is 24.3 Å². The van der Waals surface area contributed by atoms with Gasteiger partial charge in [0.05, 0.1) is 16.9 Å². The molecule has 2 aromatic rings. The summed E-state index contributed by atoms with van der Waals surface area (Å²) in [4.78, 5) is 24.3. The SMILES string of the molecule is Cc1ccc(S(C)(=O)=O)cc1NC(=O)CC1OC(=O)c2ccccc21. The van der Waals surface area contributed by atoms with E-state index in [2.05, 4.69) is 5.32 Å². The van der Waals surface area contributed by atoms with Gasteiger partial charge in [0.15, 0.2) is 9.84 Å². The lowest BCUT2D eigenvalue weighted by Gasteiger charge is -2.13. The van der Waals surface area contributed by atoms with E-state index in [1.54, 1.807) is 37.3 Å². The number of rotatable bonds is 4. The van der Waals surface area contributed by atoms with Crippen molar-refractivity contribution in [2.45, 2.75) is 24.3 Å². The van der Waals surface area contributed by atoms with Crippen molar-refractivity contribution >= 4 is 27.4 Å². The summed E-state index contributed by atoms with van der Waals surface area (Å²) in [6, 6.07) is 11.5. The molecule has 2 aromatic carbocycles. The Kier molecular flexibility index (Phi) is 4.34. The van der Waals surface area contributed by atoms with Crippen molar-refractivity contribution in [3.63, 3.8) is 0 Å². The van der Waals surface area contributed by atoms with Gasteiger partial charge in [0.2, 0.25) is 5.91 Å². The van der Waals surface area contributed by atoms with Crippen LogP contribution in [0.15, 0.2) is 47.4 Å². The van der Waals surface area contributed by atoms with Gasteiger partial charge in [0.1, 0.15) is 6.10 Å². The molecule has 0 saturated heterocycles. The van der Waals surface area contributed by atoms with Gasteiger partial charge in [-0.25, -0.2) is 13.2 Å². The highest BCUT2D eigenvalue weighted by Crippen LogP contribution is 2.33. The van der Waals surface area contributed by atoms with Crippen LogP contribution in [0.5, 0.6) is 0 Å². The number of amides is 1. The summed E-state index contributed by atoms with van der Waals surface area (Å²) in [5.74, 6) is -0.799. The number of cyclic esters (lactones) is 1. The van der Waals surface area contributed by atoms with Crippen molar-refractivity contribution in [1.29, 1.82) is 0 Å². The average molecular weight is 359 g/mol. The minimum Gasteiger partial charge on any atom is -0.453 e. The molecule has 1 aliphatic heterocycles. The number of sulfone groups is 1. The van der Waals surface area contributed by atoms with Crippen LogP contribution in [0.4, 0.5) is 5.69 Å². The van der Waals surface area contributed by atoms with Gasteiger partial charge < -0.3 is 10.1 Å². The molecule has 0 saturated carbocycles. The number of esters is 1. The summed E-state index contributed by atoms with van der Waals surface area (Å²) < 4.78 is 28.6. The Morgan fingerprint density at radius 3 is 2.64 bits per heavy atom. The normalized spacial score (nSPS) is 16.2. The van der Waals surface area contributed by atoms with E-state index in [1.807, 2.05) is 0 Å². The van der Waals surface area contributed by atoms with Crippen molar-refractivity contribution < 1.29 is 22.7 Å². The molecule has 1 unspecified atom stereocenters. The zero-order valence-corrected chi connectivity index (χ0v) is 14.6. The third kappa shape index (κ3) is 3.56. The maximum absolute atomic E-state index is 12.3. The first-order valence-corrected chi connectivity index (χ1v) is 9.55. The van der Waals surface area contributed by atoms with Crippen LogP contribution in [0.25, 0.3) is 0 Å². The third-order valence-electron chi connectivity index (χ3n) is 4.06. The largest absolute Gasteiger partial charge is 0.453 e. The molecular weight excluding hydrogens is 342 g/mol. The summed E-state index contributed by atoms with van der Waals surface area (Å²) in [5.41, 5.74) is 2.31. The number of anilines is 1. The molecule has 0 bridgehead atoms. The predicted molar refractivity (Wildman–Crippen MR) is 92.1 cm³/mol. The lowest BCUT2D eigenvalue weighted by Crippen LogP contribution is -2.16. The van der Waals surface area contributed by atoms with E-state index < -0.39 is 21.9 Å². The van der Waals surface area contributed by atoms with Crippen LogP contribution in [0, 0.1) is 6.92 Å². The number of hydrogen-bond acceptors (Lipinski definition) is 5. The Morgan fingerprint density at radius 2 is 1.92 bits per heavy atom. The smallest absolute Gasteiger partial charge is 0.339 e. The Labute approximate surface area is 145 Å². The van der Waals surface area contributed by atoms with Crippen LogP contribution < -0.4 is 5.32 Å². The summed E-state index contributed by atoms with van der Waals surface area (Å²) in [6.07, 6.45) is 0.436. The second-order valence-electron chi connectivity index (χ2n) is 5.98. The summed E-state index contributed by atoms with van der Waals surface area (Å²) in [6.45, 7) is 1.77. The highest BCUT2D eigenvalue weighted by atomic mass is 32.2. The Hall–Kier alpha value is -2.67. The van der Waals surface area contributed by atoms with Gasteiger partial charge in [0.25, 0.3) is 0 Å².